The number of allylic oxidation sites excluding steroid dienone is 6. The van der Waals surface area contributed by atoms with Gasteiger partial charge in [-0.1, -0.05) is 12.7 Å². The smallest absolute Gasteiger partial charge is 0.165 e. The summed E-state index contributed by atoms with van der Waals surface area (Å²) in [4.78, 5) is 0. The monoisotopic (exact) mass is 198 g/mol. The summed E-state index contributed by atoms with van der Waals surface area (Å²) < 4.78 is 36.9. The average Bonchev–Trinajstić information content (AvgIpc) is 2.25. The van der Waals surface area contributed by atoms with Crippen LogP contribution in [-0.4, -0.2) is 6.18 Å². The lowest BCUT2D eigenvalue weighted by molar-refractivity contribution is -0.0880. The number of hydrogen-bond donors (Lipinski definition) is 0. The Hall–Kier alpha value is -1.47. The van der Waals surface area contributed by atoms with E-state index in [2.05, 4.69) is 12.3 Å². The fourth-order valence-electron chi connectivity index (χ4n) is 1.09. The molecule has 0 N–H and O–H groups in total. The Balaban J connectivity index is 3.16. The van der Waals surface area contributed by atoms with Crippen molar-refractivity contribution < 1.29 is 13.2 Å². The summed E-state index contributed by atoms with van der Waals surface area (Å²) in [6.45, 7) is 5.13. The second-order valence-corrected chi connectivity index (χ2v) is 2.88. The van der Waals surface area contributed by atoms with Gasteiger partial charge in [0.2, 0.25) is 0 Å². The predicted octanol–water partition coefficient (Wildman–Crippen LogP) is 3.70. The lowest BCUT2D eigenvalue weighted by atomic mass is 10.1. The van der Waals surface area contributed by atoms with Crippen LogP contribution in [0.15, 0.2) is 53.3 Å². The molecule has 3 heteroatoms. The summed E-state index contributed by atoms with van der Waals surface area (Å²) in [6.07, 6.45) is 1.05. The molecular formula is C11H9F3. The lowest BCUT2D eigenvalue weighted by Gasteiger charge is -2.05. The van der Waals surface area contributed by atoms with Crippen LogP contribution in [0.1, 0.15) is 6.92 Å². The van der Waals surface area contributed by atoms with Gasteiger partial charge in [0.1, 0.15) is 0 Å². The molecule has 1 aliphatic rings. The van der Waals surface area contributed by atoms with E-state index in [-0.39, 0.29) is 0 Å². The van der Waals surface area contributed by atoms with Crippen molar-refractivity contribution >= 4 is 0 Å². The summed E-state index contributed by atoms with van der Waals surface area (Å²) in [7, 11) is 0. The summed E-state index contributed by atoms with van der Waals surface area (Å²) in [5.41, 5.74) is 2.63. The predicted molar refractivity (Wildman–Crippen MR) is 49.7 cm³/mol. The van der Waals surface area contributed by atoms with E-state index < -0.39 is 11.7 Å². The molecule has 0 saturated heterocycles. The van der Waals surface area contributed by atoms with Gasteiger partial charge >= 0.3 is 6.18 Å². The Kier molecular flexibility index (Phi) is 2.82. The van der Waals surface area contributed by atoms with Crippen LogP contribution in [0.5, 0.6) is 0 Å². The standard InChI is InChI=1S/C11H9F3/c1-3-9-5-4-6-10(7-8(9)2)11(12,13)14/h3-5,7H,1H2,2H3. The molecule has 0 aliphatic heterocycles. The van der Waals surface area contributed by atoms with Crippen molar-refractivity contribution in [1.29, 1.82) is 0 Å². The molecule has 0 saturated carbocycles. The molecule has 14 heavy (non-hydrogen) atoms. The summed E-state index contributed by atoms with van der Waals surface area (Å²) in [6, 6.07) is 0. The van der Waals surface area contributed by atoms with Crippen molar-refractivity contribution in [3.63, 3.8) is 0 Å². The van der Waals surface area contributed by atoms with Gasteiger partial charge in [-0.3, -0.25) is 0 Å². The number of halogens is 3. The second-order valence-electron chi connectivity index (χ2n) is 2.88. The maximum atomic E-state index is 12.3. The molecule has 0 spiro atoms. The van der Waals surface area contributed by atoms with Gasteiger partial charge in [0.15, 0.2) is 0 Å². The number of alkyl halides is 3. The molecule has 0 aromatic carbocycles. The van der Waals surface area contributed by atoms with Gasteiger partial charge in [-0.05, 0) is 36.3 Å². The molecule has 0 atom stereocenters. The van der Waals surface area contributed by atoms with Crippen LogP contribution in [0, 0.1) is 0 Å². The van der Waals surface area contributed by atoms with Crippen molar-refractivity contribution in [2.24, 2.45) is 0 Å². The first-order valence-corrected chi connectivity index (χ1v) is 4.00. The van der Waals surface area contributed by atoms with Crippen LogP contribution >= 0.6 is 0 Å². The number of hydrogen-bond acceptors (Lipinski definition) is 0. The van der Waals surface area contributed by atoms with Crippen LogP contribution in [0.25, 0.3) is 0 Å². The van der Waals surface area contributed by atoms with Gasteiger partial charge in [-0.25, -0.2) is 0 Å². The molecule has 0 radical (unpaired) electrons. The third kappa shape index (κ3) is 2.27. The summed E-state index contributed by atoms with van der Waals surface area (Å²) in [5.74, 6) is 0. The maximum Gasteiger partial charge on any atom is 0.423 e. The van der Waals surface area contributed by atoms with Crippen LogP contribution < -0.4 is 0 Å². The minimum Gasteiger partial charge on any atom is -0.165 e. The molecule has 1 rings (SSSR count). The Bertz CT molecular complexity index is 372. The minimum atomic E-state index is -4.35. The first-order valence-electron chi connectivity index (χ1n) is 4.00. The zero-order valence-corrected chi connectivity index (χ0v) is 7.65. The molecule has 0 aromatic heterocycles. The van der Waals surface area contributed by atoms with E-state index in [1.54, 1.807) is 13.0 Å². The van der Waals surface area contributed by atoms with Crippen LogP contribution in [0.2, 0.25) is 0 Å². The van der Waals surface area contributed by atoms with E-state index in [1.165, 1.54) is 12.2 Å². The van der Waals surface area contributed by atoms with Crippen molar-refractivity contribution in [1.82, 2.24) is 0 Å². The fraction of sp³-hybridized carbons (Fsp3) is 0.182. The molecular weight excluding hydrogens is 189 g/mol. The number of rotatable bonds is 1. The first kappa shape index (κ1) is 10.6. The van der Waals surface area contributed by atoms with E-state index in [9.17, 15) is 13.2 Å². The topological polar surface area (TPSA) is 0 Å². The highest BCUT2D eigenvalue weighted by Gasteiger charge is 2.32. The SMILES string of the molecule is C=CC1=CC=C=C(C(F)(F)F)C=C1C. The van der Waals surface area contributed by atoms with E-state index in [4.69, 9.17) is 0 Å². The maximum absolute atomic E-state index is 12.3. The van der Waals surface area contributed by atoms with Crippen LogP contribution in [0.3, 0.4) is 0 Å². The van der Waals surface area contributed by atoms with Gasteiger partial charge < -0.3 is 0 Å². The normalized spacial score (nSPS) is 16.7. The zero-order chi connectivity index (χ0) is 10.8. The molecule has 0 aromatic rings. The van der Waals surface area contributed by atoms with Gasteiger partial charge in [0.05, 0.1) is 5.57 Å². The van der Waals surface area contributed by atoms with E-state index >= 15 is 0 Å². The lowest BCUT2D eigenvalue weighted by Crippen LogP contribution is -2.09. The molecule has 0 fully saturated rings. The highest BCUT2D eigenvalue weighted by molar-refractivity contribution is 5.46. The van der Waals surface area contributed by atoms with E-state index in [0.717, 1.165) is 6.08 Å². The molecule has 0 unspecified atom stereocenters. The largest absolute Gasteiger partial charge is 0.423 e. The Morgan fingerprint density at radius 2 is 2.07 bits per heavy atom. The highest BCUT2D eigenvalue weighted by Crippen LogP contribution is 2.29. The van der Waals surface area contributed by atoms with Crippen molar-refractivity contribution in [2.75, 3.05) is 0 Å². The van der Waals surface area contributed by atoms with Crippen molar-refractivity contribution in [2.45, 2.75) is 13.1 Å². The third-order valence-corrected chi connectivity index (χ3v) is 1.84. The van der Waals surface area contributed by atoms with Gasteiger partial charge in [0, 0.05) is 0 Å². The molecule has 1 aliphatic carbocycles. The Morgan fingerprint density at radius 3 is 2.57 bits per heavy atom. The Morgan fingerprint density at radius 1 is 1.43 bits per heavy atom. The van der Waals surface area contributed by atoms with Gasteiger partial charge in [-0.15, -0.1) is 5.73 Å². The third-order valence-electron chi connectivity index (χ3n) is 1.84. The van der Waals surface area contributed by atoms with Crippen molar-refractivity contribution in [3.8, 4) is 0 Å². The molecule has 74 valence electrons. The molecule has 0 nitrogen and oxygen atoms in total. The average molecular weight is 198 g/mol. The van der Waals surface area contributed by atoms with Crippen LogP contribution in [-0.2, 0) is 0 Å². The van der Waals surface area contributed by atoms with E-state index in [1.807, 2.05) is 0 Å². The molecule has 0 bridgehead atoms. The second kappa shape index (κ2) is 3.72. The molecule has 0 amide bonds. The fourth-order valence-corrected chi connectivity index (χ4v) is 1.09. The van der Waals surface area contributed by atoms with Crippen LogP contribution in [0.4, 0.5) is 13.2 Å². The zero-order valence-electron chi connectivity index (χ0n) is 7.65. The first-order chi connectivity index (χ1) is 6.45. The molecule has 0 heterocycles. The summed E-state index contributed by atoms with van der Waals surface area (Å²) in [5, 5.41) is 0. The highest BCUT2D eigenvalue weighted by atomic mass is 19.4. The van der Waals surface area contributed by atoms with Gasteiger partial charge in [-0.2, -0.15) is 13.2 Å². The minimum absolute atomic E-state index is 0.536. The summed E-state index contributed by atoms with van der Waals surface area (Å²) >= 11 is 0. The Labute approximate surface area is 80.4 Å². The van der Waals surface area contributed by atoms with E-state index in [0.29, 0.717) is 11.1 Å². The quantitative estimate of drug-likeness (QED) is 0.563. The van der Waals surface area contributed by atoms with Crippen molar-refractivity contribution in [3.05, 3.63) is 53.3 Å². The van der Waals surface area contributed by atoms with Gasteiger partial charge in [0.25, 0.3) is 0 Å².